The van der Waals surface area contributed by atoms with Crippen LogP contribution in [0.1, 0.15) is 69.9 Å². The lowest BCUT2D eigenvalue weighted by molar-refractivity contribution is -0.202. The minimum atomic E-state index is -1.53. The maximum atomic E-state index is 13.1. The normalized spacial score (nSPS) is 40.1. The molecule has 3 heterocycles. The number of aliphatic hydroxyl groups excluding tert-OH is 2. The Morgan fingerprint density at radius 1 is 1.17 bits per heavy atom. The molecular formula is C26H33N5O4. The first-order valence-corrected chi connectivity index (χ1v) is 12.9. The number of ketones is 1. The number of anilines is 1. The van der Waals surface area contributed by atoms with Crippen molar-refractivity contribution in [1.82, 2.24) is 14.6 Å². The SMILES string of the molecule is N#C[C@]1(c2ccc3c(N)ncnn23)C[C@H](O)[C@H](O)[C@@H](CCC(=O)C[C@]23CC4CC(C[C@@H](C4)C2)C3)O1. The van der Waals surface area contributed by atoms with E-state index in [1.807, 2.05) is 0 Å². The molecule has 0 spiro atoms. The van der Waals surface area contributed by atoms with Crippen LogP contribution in [0.2, 0.25) is 0 Å². The second kappa shape index (κ2) is 8.26. The number of aromatic nitrogens is 3. The standard InChI is InChI=1S/C26H33N5O4/c27-13-26(22-4-2-19-24(28)29-14-30-31(19)22)12-20(33)23(34)21(35-26)3-1-18(32)11-25-8-15-5-16(9-25)7-17(6-15)10-25/h2,4,14-17,20-21,23,33-34H,1,3,5-12H2,(H2,28,29,30)/t15-,16?,17?,20-,21+,23-,25+,26-/m0/s1. The van der Waals surface area contributed by atoms with Gasteiger partial charge in [0.1, 0.15) is 29.8 Å². The number of nitrogen functional groups attached to an aromatic ring is 1. The summed E-state index contributed by atoms with van der Waals surface area (Å²) in [6, 6.07) is 5.59. The van der Waals surface area contributed by atoms with Gasteiger partial charge in [0, 0.05) is 19.3 Å². The van der Waals surface area contributed by atoms with Crippen LogP contribution in [0.4, 0.5) is 5.82 Å². The van der Waals surface area contributed by atoms with Gasteiger partial charge in [0.25, 0.3) is 0 Å². The highest BCUT2D eigenvalue weighted by Gasteiger charge is 2.52. The van der Waals surface area contributed by atoms with Crippen molar-refractivity contribution >= 4 is 17.1 Å². The summed E-state index contributed by atoms with van der Waals surface area (Å²) < 4.78 is 7.69. The van der Waals surface area contributed by atoms with Gasteiger partial charge in [0.15, 0.2) is 11.4 Å². The molecule has 0 unspecified atom stereocenters. The van der Waals surface area contributed by atoms with Gasteiger partial charge in [-0.25, -0.2) is 9.50 Å². The number of hydrogen-bond donors (Lipinski definition) is 3. The summed E-state index contributed by atoms with van der Waals surface area (Å²) in [5.74, 6) is 2.83. The molecule has 0 aromatic carbocycles. The topological polar surface area (TPSA) is 147 Å². The second-order valence-corrected chi connectivity index (χ2v) is 11.7. The van der Waals surface area contributed by atoms with Crippen LogP contribution in [-0.2, 0) is 15.1 Å². The van der Waals surface area contributed by atoms with Crippen LogP contribution in [0.25, 0.3) is 5.52 Å². The maximum Gasteiger partial charge on any atom is 0.199 e. The van der Waals surface area contributed by atoms with E-state index in [-0.39, 0.29) is 36.3 Å². The molecule has 0 radical (unpaired) electrons. The second-order valence-electron chi connectivity index (χ2n) is 11.7. The fraction of sp³-hybridized carbons (Fsp3) is 0.692. The van der Waals surface area contributed by atoms with Crippen LogP contribution in [0.5, 0.6) is 0 Å². The molecule has 4 N–H and O–H groups in total. The van der Waals surface area contributed by atoms with E-state index >= 15 is 0 Å². The summed E-state index contributed by atoms with van der Waals surface area (Å²) in [7, 11) is 0. The summed E-state index contributed by atoms with van der Waals surface area (Å²) >= 11 is 0. The smallest absolute Gasteiger partial charge is 0.199 e. The van der Waals surface area contributed by atoms with E-state index in [2.05, 4.69) is 16.2 Å². The fourth-order valence-corrected chi connectivity index (χ4v) is 8.14. The number of nitriles is 1. The average Bonchev–Trinajstić information content (AvgIpc) is 3.25. The zero-order chi connectivity index (χ0) is 24.4. The van der Waals surface area contributed by atoms with Gasteiger partial charge in [0.05, 0.1) is 17.9 Å². The van der Waals surface area contributed by atoms with Gasteiger partial charge in [-0.1, -0.05) is 0 Å². The zero-order valence-electron chi connectivity index (χ0n) is 19.8. The number of fused-ring (bicyclic) bond motifs is 1. The van der Waals surface area contributed by atoms with Gasteiger partial charge in [-0.05, 0) is 80.2 Å². The molecule has 7 rings (SSSR count). The molecule has 4 bridgehead atoms. The molecule has 5 fully saturated rings. The number of Topliss-reactive ketones (excluding diaryl/α,β-unsaturated/α-hetero) is 1. The van der Waals surface area contributed by atoms with Gasteiger partial charge in [-0.15, -0.1) is 0 Å². The number of nitrogens with two attached hydrogens (primary N) is 1. The van der Waals surface area contributed by atoms with Crippen LogP contribution in [0.15, 0.2) is 18.5 Å². The van der Waals surface area contributed by atoms with Gasteiger partial charge in [-0.2, -0.15) is 10.4 Å². The molecule has 9 heteroatoms. The van der Waals surface area contributed by atoms with Gasteiger partial charge in [-0.3, -0.25) is 4.79 Å². The van der Waals surface area contributed by atoms with Gasteiger partial charge < -0.3 is 20.7 Å². The lowest BCUT2D eigenvalue weighted by Crippen LogP contribution is -2.53. The Labute approximate surface area is 204 Å². The first-order chi connectivity index (χ1) is 16.8. The Bertz CT molecular complexity index is 1150. The number of ether oxygens (including phenoxy) is 1. The van der Waals surface area contributed by atoms with Crippen LogP contribution in [-0.4, -0.2) is 48.9 Å². The summed E-state index contributed by atoms with van der Waals surface area (Å²) in [6.45, 7) is 0. The molecule has 4 atom stereocenters. The highest BCUT2D eigenvalue weighted by molar-refractivity contribution is 5.79. The van der Waals surface area contributed by atoms with Crippen LogP contribution < -0.4 is 5.73 Å². The Morgan fingerprint density at radius 2 is 1.86 bits per heavy atom. The predicted octanol–water partition coefficient (Wildman–Crippen LogP) is 2.50. The highest BCUT2D eigenvalue weighted by Crippen LogP contribution is 2.61. The van der Waals surface area contributed by atoms with Crippen molar-refractivity contribution in [2.75, 3.05) is 5.73 Å². The molecule has 1 saturated heterocycles. The predicted molar refractivity (Wildman–Crippen MR) is 126 cm³/mol. The molecule has 9 nitrogen and oxygen atoms in total. The van der Waals surface area contributed by atoms with E-state index in [1.54, 1.807) is 12.1 Å². The summed E-state index contributed by atoms with van der Waals surface area (Å²) in [5, 5.41) is 35.7. The third-order valence-electron chi connectivity index (χ3n) is 9.15. The summed E-state index contributed by atoms with van der Waals surface area (Å²) in [6.07, 6.45) is 6.68. The monoisotopic (exact) mass is 479 g/mol. The molecule has 0 amide bonds. The molecule has 5 aliphatic rings. The van der Waals surface area contributed by atoms with Crippen molar-refractivity contribution in [3.8, 4) is 6.07 Å². The largest absolute Gasteiger partial charge is 0.390 e. The number of carbonyl (C=O) groups is 1. The van der Waals surface area contributed by atoms with Crippen molar-refractivity contribution in [1.29, 1.82) is 5.26 Å². The molecule has 186 valence electrons. The van der Waals surface area contributed by atoms with Crippen molar-refractivity contribution in [2.24, 2.45) is 23.2 Å². The number of hydrogen-bond acceptors (Lipinski definition) is 8. The van der Waals surface area contributed by atoms with E-state index in [4.69, 9.17) is 10.5 Å². The molecule has 35 heavy (non-hydrogen) atoms. The van der Waals surface area contributed by atoms with E-state index in [9.17, 15) is 20.3 Å². The Kier molecular flexibility index (Phi) is 5.40. The maximum absolute atomic E-state index is 13.1. The zero-order valence-corrected chi connectivity index (χ0v) is 19.8. The van der Waals surface area contributed by atoms with Crippen LogP contribution in [0, 0.1) is 34.5 Å². The molecule has 2 aromatic rings. The minimum absolute atomic E-state index is 0.113. The van der Waals surface area contributed by atoms with E-state index < -0.39 is 23.9 Å². The fourth-order valence-electron chi connectivity index (χ4n) is 8.14. The minimum Gasteiger partial charge on any atom is -0.390 e. The first-order valence-electron chi connectivity index (χ1n) is 12.9. The number of aliphatic hydroxyl groups is 2. The molecule has 1 aliphatic heterocycles. The highest BCUT2D eigenvalue weighted by atomic mass is 16.5. The first kappa shape index (κ1) is 22.9. The lowest BCUT2D eigenvalue weighted by atomic mass is 9.48. The van der Waals surface area contributed by atoms with Crippen molar-refractivity contribution in [3.05, 3.63) is 24.2 Å². The Hall–Kier alpha value is -2.54. The van der Waals surface area contributed by atoms with E-state index in [0.29, 0.717) is 17.6 Å². The number of nitrogens with zero attached hydrogens (tertiary/aromatic N) is 4. The van der Waals surface area contributed by atoms with E-state index in [0.717, 1.165) is 17.8 Å². The number of carbonyl (C=O) groups excluding carboxylic acids is 1. The van der Waals surface area contributed by atoms with Crippen molar-refractivity contribution in [3.63, 3.8) is 0 Å². The summed E-state index contributed by atoms with van der Waals surface area (Å²) in [5.41, 5.74) is 5.53. The van der Waals surface area contributed by atoms with Crippen molar-refractivity contribution < 1.29 is 19.7 Å². The average molecular weight is 480 g/mol. The molecule has 2 aromatic heterocycles. The lowest BCUT2D eigenvalue weighted by Gasteiger charge is -2.56. The third-order valence-corrected chi connectivity index (χ3v) is 9.15. The van der Waals surface area contributed by atoms with Gasteiger partial charge >= 0.3 is 0 Å². The Balaban J connectivity index is 1.17. The molecule has 4 saturated carbocycles. The number of rotatable bonds is 6. The van der Waals surface area contributed by atoms with Crippen LogP contribution in [0.3, 0.4) is 0 Å². The van der Waals surface area contributed by atoms with Crippen molar-refractivity contribution in [2.45, 2.75) is 88.1 Å². The summed E-state index contributed by atoms with van der Waals surface area (Å²) in [4.78, 5) is 17.1. The van der Waals surface area contributed by atoms with Crippen LogP contribution >= 0.6 is 0 Å². The third kappa shape index (κ3) is 3.83. The van der Waals surface area contributed by atoms with E-state index in [1.165, 1.54) is 49.4 Å². The quantitative estimate of drug-likeness (QED) is 0.573. The molecular weight excluding hydrogens is 446 g/mol. The Morgan fingerprint density at radius 3 is 2.51 bits per heavy atom. The molecule has 4 aliphatic carbocycles. The van der Waals surface area contributed by atoms with Gasteiger partial charge in [0.2, 0.25) is 0 Å².